The Morgan fingerprint density at radius 3 is 2.56 bits per heavy atom. The molecule has 0 unspecified atom stereocenters. The van der Waals surface area contributed by atoms with Gasteiger partial charge in [-0.3, -0.25) is 9.59 Å². The molecule has 2 rings (SSSR count). The maximum atomic E-state index is 12.1. The molecule has 5 nitrogen and oxygen atoms in total. The lowest BCUT2D eigenvalue weighted by atomic mass is 10.1. The Hall–Kier alpha value is -2.53. The van der Waals surface area contributed by atoms with E-state index >= 15 is 0 Å². The van der Waals surface area contributed by atoms with Gasteiger partial charge < -0.3 is 16.0 Å². The van der Waals surface area contributed by atoms with Gasteiger partial charge in [-0.05, 0) is 56.7 Å². The quantitative estimate of drug-likeness (QED) is 0.734. The van der Waals surface area contributed by atoms with Crippen molar-refractivity contribution >= 4 is 34.8 Å². The molecule has 0 radical (unpaired) electrons. The van der Waals surface area contributed by atoms with Crippen molar-refractivity contribution in [3.8, 4) is 0 Å². The van der Waals surface area contributed by atoms with Crippen LogP contribution in [0, 0.1) is 6.92 Å². The Bertz CT molecular complexity index is 775. The summed E-state index contributed by atoms with van der Waals surface area (Å²) in [5.74, 6) is -0.375. The van der Waals surface area contributed by atoms with Crippen LogP contribution in [0.2, 0.25) is 5.02 Å². The maximum Gasteiger partial charge on any atom is 0.251 e. The third kappa shape index (κ3) is 5.50. The molecule has 2 aromatic rings. The SMILES string of the molecule is Cc1c(Cl)cccc1NCC(=O)Nc1cccc(C(=O)NC(C)C)c1. The van der Waals surface area contributed by atoms with Crippen molar-refractivity contribution in [1.29, 1.82) is 0 Å². The molecule has 6 heteroatoms. The van der Waals surface area contributed by atoms with Crippen molar-refractivity contribution in [3.05, 3.63) is 58.6 Å². The molecule has 0 aromatic heterocycles. The maximum absolute atomic E-state index is 12.1. The van der Waals surface area contributed by atoms with Crippen molar-refractivity contribution in [2.24, 2.45) is 0 Å². The van der Waals surface area contributed by atoms with E-state index in [2.05, 4.69) is 16.0 Å². The highest BCUT2D eigenvalue weighted by atomic mass is 35.5. The Morgan fingerprint density at radius 2 is 1.84 bits per heavy atom. The van der Waals surface area contributed by atoms with Gasteiger partial charge in [0.1, 0.15) is 0 Å². The zero-order valence-electron chi connectivity index (χ0n) is 14.5. The third-order valence-electron chi connectivity index (χ3n) is 3.54. The summed E-state index contributed by atoms with van der Waals surface area (Å²) in [6.07, 6.45) is 0. The second-order valence-corrected chi connectivity index (χ2v) is 6.43. The standard InChI is InChI=1S/C19H22ClN3O2/c1-12(2)22-19(25)14-6-4-7-15(10-14)23-18(24)11-21-17-9-5-8-16(20)13(17)3/h4-10,12,21H,11H2,1-3H3,(H,22,25)(H,23,24). The van der Waals surface area contributed by atoms with E-state index < -0.39 is 0 Å². The molecule has 132 valence electrons. The fourth-order valence-electron chi connectivity index (χ4n) is 2.26. The van der Waals surface area contributed by atoms with Crippen LogP contribution in [-0.2, 0) is 4.79 Å². The van der Waals surface area contributed by atoms with Gasteiger partial charge in [0.25, 0.3) is 5.91 Å². The predicted octanol–water partition coefficient (Wildman–Crippen LogP) is 3.84. The van der Waals surface area contributed by atoms with Gasteiger partial charge in [-0.1, -0.05) is 23.7 Å². The summed E-state index contributed by atoms with van der Waals surface area (Å²) in [5.41, 5.74) is 2.79. The molecule has 3 N–H and O–H groups in total. The molecular formula is C19H22ClN3O2. The lowest BCUT2D eigenvalue weighted by molar-refractivity contribution is -0.114. The molecule has 0 aliphatic rings. The van der Waals surface area contributed by atoms with E-state index in [-0.39, 0.29) is 24.4 Å². The fraction of sp³-hybridized carbons (Fsp3) is 0.263. The number of carbonyl (C=O) groups excluding carboxylic acids is 2. The molecule has 0 bridgehead atoms. The fourth-order valence-corrected chi connectivity index (χ4v) is 2.44. The van der Waals surface area contributed by atoms with E-state index in [9.17, 15) is 9.59 Å². The Labute approximate surface area is 152 Å². The van der Waals surface area contributed by atoms with Gasteiger partial charge in [0.05, 0.1) is 6.54 Å². The number of hydrogen-bond donors (Lipinski definition) is 3. The second-order valence-electron chi connectivity index (χ2n) is 6.02. The van der Waals surface area contributed by atoms with Crippen LogP contribution in [0.15, 0.2) is 42.5 Å². The minimum absolute atomic E-state index is 0.0517. The first kappa shape index (κ1) is 18.8. The van der Waals surface area contributed by atoms with Gasteiger partial charge in [-0.15, -0.1) is 0 Å². The highest BCUT2D eigenvalue weighted by molar-refractivity contribution is 6.31. The number of nitrogens with one attached hydrogen (secondary N) is 3. The molecule has 0 atom stereocenters. The molecule has 25 heavy (non-hydrogen) atoms. The number of benzene rings is 2. The molecule has 0 fully saturated rings. The summed E-state index contributed by atoms with van der Waals surface area (Å²) in [5, 5.41) is 9.31. The molecule has 0 saturated carbocycles. The average molecular weight is 360 g/mol. The van der Waals surface area contributed by atoms with Gasteiger partial charge >= 0.3 is 0 Å². The van der Waals surface area contributed by atoms with Crippen LogP contribution in [0.25, 0.3) is 0 Å². The number of rotatable bonds is 6. The monoisotopic (exact) mass is 359 g/mol. The van der Waals surface area contributed by atoms with Crippen molar-refractivity contribution in [1.82, 2.24) is 5.32 Å². The van der Waals surface area contributed by atoms with E-state index in [1.165, 1.54) is 0 Å². The summed E-state index contributed by atoms with van der Waals surface area (Å²) < 4.78 is 0. The van der Waals surface area contributed by atoms with Crippen LogP contribution in [0.1, 0.15) is 29.8 Å². The molecule has 0 spiro atoms. The lowest BCUT2D eigenvalue weighted by Gasteiger charge is -2.12. The van der Waals surface area contributed by atoms with Gasteiger partial charge in [0.2, 0.25) is 5.91 Å². The zero-order valence-corrected chi connectivity index (χ0v) is 15.3. The van der Waals surface area contributed by atoms with Gasteiger partial charge in [-0.2, -0.15) is 0 Å². The average Bonchev–Trinajstić information content (AvgIpc) is 2.56. The molecule has 2 amide bonds. The molecule has 0 aliphatic carbocycles. The van der Waals surface area contributed by atoms with Gasteiger partial charge in [0.15, 0.2) is 0 Å². The number of hydrogen-bond acceptors (Lipinski definition) is 3. The van der Waals surface area contributed by atoms with Crippen LogP contribution >= 0.6 is 11.6 Å². The number of anilines is 2. The van der Waals surface area contributed by atoms with Crippen molar-refractivity contribution in [2.45, 2.75) is 26.8 Å². The normalized spacial score (nSPS) is 10.4. The smallest absolute Gasteiger partial charge is 0.251 e. The van der Waals surface area contributed by atoms with Crippen LogP contribution in [0.3, 0.4) is 0 Å². The number of halogens is 1. The summed E-state index contributed by atoms with van der Waals surface area (Å²) in [4.78, 5) is 24.2. The van der Waals surface area contributed by atoms with Crippen LogP contribution in [-0.4, -0.2) is 24.4 Å². The topological polar surface area (TPSA) is 70.2 Å². The summed E-state index contributed by atoms with van der Waals surface area (Å²) in [6, 6.07) is 12.4. The largest absolute Gasteiger partial charge is 0.376 e. The first-order chi connectivity index (χ1) is 11.9. The molecule has 0 saturated heterocycles. The predicted molar refractivity (Wildman–Crippen MR) is 102 cm³/mol. The third-order valence-corrected chi connectivity index (χ3v) is 3.94. The van der Waals surface area contributed by atoms with Crippen molar-refractivity contribution in [2.75, 3.05) is 17.2 Å². The molecule has 0 heterocycles. The van der Waals surface area contributed by atoms with Crippen LogP contribution < -0.4 is 16.0 Å². The highest BCUT2D eigenvalue weighted by Crippen LogP contribution is 2.22. The van der Waals surface area contributed by atoms with E-state index in [1.54, 1.807) is 30.3 Å². The number of carbonyl (C=O) groups is 2. The lowest BCUT2D eigenvalue weighted by Crippen LogP contribution is -2.30. The minimum atomic E-state index is -0.208. The first-order valence-corrected chi connectivity index (χ1v) is 8.44. The Kier molecular flexibility index (Phi) is 6.42. The van der Waals surface area contributed by atoms with Gasteiger partial charge in [0, 0.05) is 28.0 Å². The Balaban J connectivity index is 1.96. The number of amides is 2. The van der Waals surface area contributed by atoms with E-state index in [0.717, 1.165) is 11.3 Å². The second kappa shape index (κ2) is 8.53. The van der Waals surface area contributed by atoms with E-state index in [0.29, 0.717) is 16.3 Å². The van der Waals surface area contributed by atoms with Crippen LogP contribution in [0.4, 0.5) is 11.4 Å². The minimum Gasteiger partial charge on any atom is -0.376 e. The van der Waals surface area contributed by atoms with Crippen molar-refractivity contribution in [3.63, 3.8) is 0 Å². The molecule has 0 aliphatic heterocycles. The van der Waals surface area contributed by atoms with Gasteiger partial charge in [-0.25, -0.2) is 0 Å². The molecular weight excluding hydrogens is 338 g/mol. The summed E-state index contributed by atoms with van der Waals surface area (Å²) in [6.45, 7) is 5.78. The Morgan fingerprint density at radius 1 is 1.12 bits per heavy atom. The summed E-state index contributed by atoms with van der Waals surface area (Å²) >= 11 is 6.06. The highest BCUT2D eigenvalue weighted by Gasteiger charge is 2.09. The molecule has 2 aromatic carbocycles. The van der Waals surface area contributed by atoms with E-state index in [1.807, 2.05) is 32.9 Å². The first-order valence-electron chi connectivity index (χ1n) is 8.06. The van der Waals surface area contributed by atoms with Crippen LogP contribution in [0.5, 0.6) is 0 Å². The van der Waals surface area contributed by atoms with Crippen molar-refractivity contribution < 1.29 is 9.59 Å². The summed E-state index contributed by atoms with van der Waals surface area (Å²) in [7, 11) is 0. The van der Waals surface area contributed by atoms with E-state index in [4.69, 9.17) is 11.6 Å². The zero-order chi connectivity index (χ0) is 18.4.